The summed E-state index contributed by atoms with van der Waals surface area (Å²) in [5.41, 5.74) is 6.48. The molecule has 0 atom stereocenters. The van der Waals surface area contributed by atoms with Gasteiger partial charge in [-0.3, -0.25) is 0 Å². The van der Waals surface area contributed by atoms with Gasteiger partial charge in [-0.25, -0.2) is 0 Å². The molecule has 0 saturated heterocycles. The first-order chi connectivity index (χ1) is 7.24. The van der Waals surface area contributed by atoms with Crippen LogP contribution in [0.25, 0.3) is 0 Å². The Balaban J connectivity index is 2.29. The molecule has 0 amide bonds. The Bertz CT molecular complexity index is 341. The van der Waals surface area contributed by atoms with Crippen molar-refractivity contribution < 1.29 is 5.21 Å². The predicted molar refractivity (Wildman–Crippen MR) is 70.3 cm³/mol. The van der Waals surface area contributed by atoms with Crippen molar-refractivity contribution in [2.75, 3.05) is 11.9 Å². The van der Waals surface area contributed by atoms with Gasteiger partial charge < -0.3 is 16.3 Å². The molecule has 4 N–H and O–H groups in total. The zero-order chi connectivity index (χ0) is 11.1. The van der Waals surface area contributed by atoms with Crippen molar-refractivity contribution in [3.8, 4) is 0 Å². The number of nitrogens with one attached hydrogen (secondary N) is 1. The molecule has 82 valence electrons. The van der Waals surface area contributed by atoms with Crippen molar-refractivity contribution in [1.82, 2.24) is 0 Å². The maximum atomic E-state index is 8.34. The van der Waals surface area contributed by atoms with Gasteiger partial charge in [0.1, 0.15) is 5.84 Å². The molecule has 0 radical (unpaired) electrons. The molecule has 0 aromatic heterocycles. The van der Waals surface area contributed by atoms with Crippen molar-refractivity contribution in [2.24, 2.45) is 10.9 Å². The van der Waals surface area contributed by atoms with E-state index in [4.69, 9.17) is 10.9 Å². The minimum Gasteiger partial charge on any atom is -0.409 e. The molecular formula is C10H14IN3O. The largest absolute Gasteiger partial charge is 0.409 e. The molecule has 1 aromatic rings. The number of oxime groups is 1. The van der Waals surface area contributed by atoms with Gasteiger partial charge in [-0.2, -0.15) is 0 Å². The first-order valence-corrected chi connectivity index (χ1v) is 5.76. The van der Waals surface area contributed by atoms with Crippen LogP contribution in [0, 0.1) is 3.57 Å². The molecule has 0 aliphatic carbocycles. The van der Waals surface area contributed by atoms with Gasteiger partial charge in [-0.05, 0) is 41.1 Å². The van der Waals surface area contributed by atoms with Crippen LogP contribution in [0.2, 0.25) is 0 Å². The standard InChI is InChI=1S/C10H14IN3O/c11-8-4-1-2-5-9(8)13-7-3-6-10(12)14-15/h1-2,4-5,13,15H,3,6-7H2,(H2,12,14). The van der Waals surface area contributed by atoms with Crippen LogP contribution in [0.4, 0.5) is 5.69 Å². The SMILES string of the molecule is NC(CCCNc1ccccc1I)=NO. The highest BCUT2D eigenvalue weighted by molar-refractivity contribution is 14.1. The first kappa shape index (κ1) is 12.1. The fourth-order valence-electron chi connectivity index (χ4n) is 1.15. The lowest BCUT2D eigenvalue weighted by atomic mass is 10.2. The van der Waals surface area contributed by atoms with Crippen molar-refractivity contribution in [3.05, 3.63) is 27.8 Å². The lowest BCUT2D eigenvalue weighted by molar-refractivity contribution is 0.316. The van der Waals surface area contributed by atoms with E-state index in [0.29, 0.717) is 6.42 Å². The van der Waals surface area contributed by atoms with Crippen LogP contribution in [-0.4, -0.2) is 17.6 Å². The minimum atomic E-state index is 0.277. The zero-order valence-corrected chi connectivity index (χ0v) is 10.4. The number of amidine groups is 1. The second-order valence-electron chi connectivity index (χ2n) is 3.10. The maximum absolute atomic E-state index is 8.34. The van der Waals surface area contributed by atoms with Crippen LogP contribution < -0.4 is 11.1 Å². The van der Waals surface area contributed by atoms with Gasteiger partial charge in [0.15, 0.2) is 0 Å². The van der Waals surface area contributed by atoms with Crippen molar-refractivity contribution in [1.29, 1.82) is 0 Å². The van der Waals surface area contributed by atoms with E-state index in [1.54, 1.807) is 0 Å². The topological polar surface area (TPSA) is 70.6 Å². The van der Waals surface area contributed by atoms with Gasteiger partial charge in [0, 0.05) is 22.2 Å². The van der Waals surface area contributed by atoms with Gasteiger partial charge in [0.05, 0.1) is 0 Å². The number of nitrogens with zero attached hydrogens (tertiary/aromatic N) is 1. The molecule has 1 aromatic carbocycles. The van der Waals surface area contributed by atoms with Crippen LogP contribution in [0.3, 0.4) is 0 Å². The molecular weight excluding hydrogens is 305 g/mol. The zero-order valence-electron chi connectivity index (χ0n) is 8.28. The summed E-state index contributed by atoms with van der Waals surface area (Å²) in [6.07, 6.45) is 1.45. The number of hydrogen-bond acceptors (Lipinski definition) is 3. The smallest absolute Gasteiger partial charge is 0.139 e. The highest BCUT2D eigenvalue weighted by Crippen LogP contribution is 2.16. The van der Waals surface area contributed by atoms with E-state index in [-0.39, 0.29) is 5.84 Å². The lowest BCUT2D eigenvalue weighted by Crippen LogP contribution is -2.13. The second kappa shape index (κ2) is 6.49. The minimum absolute atomic E-state index is 0.277. The summed E-state index contributed by atoms with van der Waals surface area (Å²) in [6.45, 7) is 0.816. The summed E-state index contributed by atoms with van der Waals surface area (Å²) < 4.78 is 1.19. The summed E-state index contributed by atoms with van der Waals surface area (Å²) in [4.78, 5) is 0. The van der Waals surface area contributed by atoms with Crippen LogP contribution in [0.5, 0.6) is 0 Å². The quantitative estimate of drug-likeness (QED) is 0.195. The summed E-state index contributed by atoms with van der Waals surface area (Å²) in [7, 11) is 0. The highest BCUT2D eigenvalue weighted by atomic mass is 127. The van der Waals surface area contributed by atoms with Gasteiger partial charge in [0.2, 0.25) is 0 Å². The number of benzene rings is 1. The Morgan fingerprint density at radius 2 is 2.20 bits per heavy atom. The fourth-order valence-corrected chi connectivity index (χ4v) is 1.73. The van der Waals surface area contributed by atoms with Crippen molar-refractivity contribution in [3.63, 3.8) is 0 Å². The van der Waals surface area contributed by atoms with E-state index in [9.17, 15) is 0 Å². The molecule has 15 heavy (non-hydrogen) atoms. The Morgan fingerprint density at radius 1 is 1.47 bits per heavy atom. The third-order valence-corrected chi connectivity index (χ3v) is 2.87. The van der Waals surface area contributed by atoms with Crippen LogP contribution in [-0.2, 0) is 0 Å². The van der Waals surface area contributed by atoms with Gasteiger partial charge >= 0.3 is 0 Å². The normalized spacial score (nSPS) is 11.4. The fraction of sp³-hybridized carbons (Fsp3) is 0.300. The Morgan fingerprint density at radius 3 is 2.87 bits per heavy atom. The van der Waals surface area contributed by atoms with Gasteiger partial charge in [0.25, 0.3) is 0 Å². The van der Waals surface area contributed by atoms with Crippen LogP contribution in [0.15, 0.2) is 29.4 Å². The molecule has 0 spiro atoms. The molecule has 0 aliphatic heterocycles. The highest BCUT2D eigenvalue weighted by Gasteiger charge is 1.97. The van der Waals surface area contributed by atoms with Gasteiger partial charge in [-0.15, -0.1) is 0 Å². The van der Waals surface area contributed by atoms with Crippen LogP contribution in [0.1, 0.15) is 12.8 Å². The molecule has 0 bridgehead atoms. The second-order valence-corrected chi connectivity index (χ2v) is 4.26. The van der Waals surface area contributed by atoms with E-state index in [0.717, 1.165) is 18.7 Å². The number of anilines is 1. The third kappa shape index (κ3) is 4.37. The molecule has 0 heterocycles. The molecule has 5 heteroatoms. The third-order valence-electron chi connectivity index (χ3n) is 1.93. The molecule has 4 nitrogen and oxygen atoms in total. The van der Waals surface area contributed by atoms with Gasteiger partial charge in [-0.1, -0.05) is 17.3 Å². The summed E-state index contributed by atoms with van der Waals surface area (Å²) >= 11 is 2.28. The maximum Gasteiger partial charge on any atom is 0.139 e. The van der Waals surface area contributed by atoms with E-state index >= 15 is 0 Å². The molecule has 0 saturated carbocycles. The Kier molecular flexibility index (Phi) is 5.23. The number of hydrogen-bond donors (Lipinski definition) is 3. The van der Waals surface area contributed by atoms with Crippen molar-refractivity contribution >= 4 is 34.1 Å². The monoisotopic (exact) mass is 319 g/mol. The number of nitrogens with two attached hydrogens (primary N) is 1. The summed E-state index contributed by atoms with van der Waals surface area (Å²) in [6, 6.07) is 8.08. The van der Waals surface area contributed by atoms with E-state index < -0.39 is 0 Å². The lowest BCUT2D eigenvalue weighted by Gasteiger charge is -2.07. The van der Waals surface area contributed by atoms with Crippen LogP contribution >= 0.6 is 22.6 Å². The van der Waals surface area contributed by atoms with E-state index in [2.05, 4.69) is 33.1 Å². The Hall–Kier alpha value is -0.980. The number of para-hydroxylation sites is 1. The average molecular weight is 319 g/mol. The molecule has 0 fully saturated rings. The predicted octanol–water partition coefficient (Wildman–Crippen LogP) is 2.23. The average Bonchev–Trinajstić information content (AvgIpc) is 2.26. The summed E-state index contributed by atoms with van der Waals surface area (Å²) in [5.74, 6) is 0.277. The van der Waals surface area contributed by atoms with E-state index in [1.807, 2.05) is 24.3 Å². The molecule has 1 rings (SSSR count). The first-order valence-electron chi connectivity index (χ1n) is 4.69. The number of rotatable bonds is 5. The molecule has 0 aliphatic rings. The van der Waals surface area contributed by atoms with E-state index in [1.165, 1.54) is 3.57 Å². The van der Waals surface area contributed by atoms with Crippen molar-refractivity contribution in [2.45, 2.75) is 12.8 Å². The molecule has 0 unspecified atom stereocenters. The summed E-state index contributed by atoms with van der Waals surface area (Å²) in [5, 5.41) is 14.5. The Labute approximate surface area is 103 Å². The number of halogens is 1.